The fourth-order valence-corrected chi connectivity index (χ4v) is 13.0. The summed E-state index contributed by atoms with van der Waals surface area (Å²) < 4.78 is 0. The molecule has 0 saturated heterocycles. The van der Waals surface area contributed by atoms with Gasteiger partial charge in [-0.1, -0.05) is 194 Å². The molecule has 0 radical (unpaired) electrons. The van der Waals surface area contributed by atoms with Crippen molar-refractivity contribution in [2.45, 2.75) is 162 Å². The summed E-state index contributed by atoms with van der Waals surface area (Å²) in [4.78, 5) is 8.10. The molecule has 362 valence electrons. The molecule has 7 aromatic rings. The molecular weight excluding hydrogens is 858 g/mol. The molecule has 4 heteroatoms. The highest BCUT2D eigenvalue weighted by atomic mass is 15.3. The zero-order chi connectivity index (χ0) is 50.2. The topological polar surface area (TPSA) is 9.72 Å². The van der Waals surface area contributed by atoms with Gasteiger partial charge in [-0.05, 0) is 152 Å². The van der Waals surface area contributed by atoms with Gasteiger partial charge >= 0.3 is 0 Å². The summed E-state index contributed by atoms with van der Waals surface area (Å²) in [5, 5.41) is 0. The van der Waals surface area contributed by atoms with Crippen LogP contribution in [0.3, 0.4) is 0 Å². The summed E-state index contributed by atoms with van der Waals surface area (Å²) in [6, 6.07) is 57.4. The van der Waals surface area contributed by atoms with Crippen LogP contribution in [-0.4, -0.2) is 12.3 Å². The second kappa shape index (κ2) is 16.3. The molecule has 4 aliphatic rings. The van der Waals surface area contributed by atoms with E-state index in [1.54, 1.807) is 0 Å². The lowest BCUT2D eigenvalue weighted by atomic mass is 9.33. The molecule has 2 atom stereocenters. The van der Waals surface area contributed by atoms with E-state index in [4.69, 9.17) is 0 Å². The molecule has 0 aromatic heterocycles. The smallest absolute Gasteiger partial charge is 0.252 e. The minimum atomic E-state index is -0.139. The van der Waals surface area contributed by atoms with Crippen molar-refractivity contribution in [2.24, 2.45) is 0 Å². The average molecular weight is 934 g/mol. The highest BCUT2D eigenvalue weighted by molar-refractivity contribution is 7.00. The third-order valence-electron chi connectivity index (χ3n) is 17.5. The van der Waals surface area contributed by atoms with Crippen molar-refractivity contribution >= 4 is 68.6 Å². The number of hydrogen-bond donors (Lipinski definition) is 0. The number of hydrogen-bond acceptors (Lipinski definition) is 3. The Kier molecular flexibility index (Phi) is 10.8. The minimum Gasteiger partial charge on any atom is -0.334 e. The number of rotatable bonds is 4. The van der Waals surface area contributed by atoms with Crippen molar-refractivity contribution < 1.29 is 0 Å². The van der Waals surface area contributed by atoms with Crippen molar-refractivity contribution in [3.05, 3.63) is 173 Å². The van der Waals surface area contributed by atoms with Crippen LogP contribution in [0.4, 0.5) is 45.5 Å². The Bertz CT molecular complexity index is 3210. The Morgan fingerprint density at radius 3 is 1.59 bits per heavy atom. The Morgan fingerprint density at radius 2 is 0.930 bits per heavy atom. The molecule has 1 aliphatic carbocycles. The Morgan fingerprint density at radius 1 is 0.408 bits per heavy atom. The van der Waals surface area contributed by atoms with E-state index in [-0.39, 0.29) is 39.3 Å². The van der Waals surface area contributed by atoms with Crippen molar-refractivity contribution in [1.29, 1.82) is 0 Å². The fourth-order valence-electron chi connectivity index (χ4n) is 13.0. The molecule has 2 unspecified atom stereocenters. The van der Waals surface area contributed by atoms with E-state index >= 15 is 0 Å². The molecule has 0 bridgehead atoms. The van der Waals surface area contributed by atoms with Crippen LogP contribution in [0.15, 0.2) is 146 Å². The molecule has 3 aliphatic heterocycles. The van der Waals surface area contributed by atoms with E-state index in [0.717, 1.165) is 6.42 Å². The summed E-state index contributed by atoms with van der Waals surface area (Å²) >= 11 is 0. The van der Waals surface area contributed by atoms with Gasteiger partial charge in [-0.25, -0.2) is 0 Å². The van der Waals surface area contributed by atoms with Crippen LogP contribution < -0.4 is 31.1 Å². The summed E-state index contributed by atoms with van der Waals surface area (Å²) in [6.45, 7) is 33.3. The van der Waals surface area contributed by atoms with Gasteiger partial charge in [0.15, 0.2) is 0 Å². The molecule has 3 heterocycles. The number of anilines is 8. The van der Waals surface area contributed by atoms with Crippen LogP contribution >= 0.6 is 0 Å². The monoisotopic (exact) mass is 934 g/mol. The molecule has 71 heavy (non-hydrogen) atoms. The van der Waals surface area contributed by atoms with Crippen LogP contribution in [-0.2, 0) is 27.1 Å². The average Bonchev–Trinajstić information content (AvgIpc) is 3.39. The predicted octanol–water partition coefficient (Wildman–Crippen LogP) is 16.8. The second-order valence-corrected chi connectivity index (χ2v) is 26.2. The van der Waals surface area contributed by atoms with Crippen molar-refractivity contribution in [3.63, 3.8) is 0 Å². The molecule has 0 amide bonds. The highest BCUT2D eigenvalue weighted by Gasteiger charge is 2.57. The van der Waals surface area contributed by atoms with E-state index in [2.05, 4.69) is 257 Å². The summed E-state index contributed by atoms with van der Waals surface area (Å²) in [5.41, 5.74) is 23.3. The summed E-state index contributed by atoms with van der Waals surface area (Å²) in [7, 11) is 0. The molecular formula is C67H76BN3. The highest BCUT2D eigenvalue weighted by Crippen LogP contribution is 2.60. The zero-order valence-electron chi connectivity index (χ0n) is 45.3. The number of fused-ring (bicyclic) bond motifs is 7. The SMILES string of the molecule is CC(C)(C)c1ccc(N2c3cc(N4c5ccccc5C5(C)CCCCCC45C)ccc3B3c4ccc(C(C)(C)C)cc4N(c4ccc(C(C)(C)C)cc4-c4ccccc4)c4cc(C(C)(C)C)cc2c43)cc1. The zero-order valence-corrected chi connectivity index (χ0v) is 45.3. The number of benzene rings is 7. The molecule has 11 rings (SSSR count). The largest absolute Gasteiger partial charge is 0.334 e. The van der Waals surface area contributed by atoms with E-state index < -0.39 is 0 Å². The maximum atomic E-state index is 2.78. The predicted molar refractivity (Wildman–Crippen MR) is 308 cm³/mol. The normalized spacial score (nSPS) is 19.7. The van der Waals surface area contributed by atoms with Gasteiger partial charge in [0.05, 0.1) is 11.2 Å². The molecule has 1 fully saturated rings. The molecule has 0 N–H and O–H groups in total. The van der Waals surface area contributed by atoms with Gasteiger partial charge in [0, 0.05) is 50.8 Å². The van der Waals surface area contributed by atoms with Gasteiger partial charge in [0.1, 0.15) is 0 Å². The van der Waals surface area contributed by atoms with Gasteiger partial charge in [0.2, 0.25) is 0 Å². The summed E-state index contributed by atoms with van der Waals surface area (Å²) in [5.74, 6) is 0. The van der Waals surface area contributed by atoms with Crippen molar-refractivity contribution in [1.82, 2.24) is 0 Å². The minimum absolute atomic E-state index is 0.00190. The first kappa shape index (κ1) is 47.3. The van der Waals surface area contributed by atoms with Crippen LogP contribution in [0.1, 0.15) is 157 Å². The maximum absolute atomic E-state index is 2.78. The van der Waals surface area contributed by atoms with Gasteiger partial charge in [-0.2, -0.15) is 0 Å². The van der Waals surface area contributed by atoms with Gasteiger partial charge in [-0.15, -0.1) is 0 Å². The Labute approximate surface area is 427 Å². The molecule has 3 nitrogen and oxygen atoms in total. The lowest BCUT2D eigenvalue weighted by Gasteiger charge is -2.48. The first-order valence-electron chi connectivity index (χ1n) is 26.8. The Balaban J connectivity index is 1.24. The van der Waals surface area contributed by atoms with Gasteiger partial charge < -0.3 is 14.7 Å². The molecule has 7 aromatic carbocycles. The molecule has 0 spiro atoms. The van der Waals surface area contributed by atoms with Crippen molar-refractivity contribution in [3.8, 4) is 11.1 Å². The number of para-hydroxylation sites is 1. The van der Waals surface area contributed by atoms with Gasteiger partial charge in [-0.3, -0.25) is 0 Å². The second-order valence-electron chi connectivity index (χ2n) is 26.2. The first-order valence-corrected chi connectivity index (χ1v) is 26.8. The first-order chi connectivity index (χ1) is 33.5. The van der Waals surface area contributed by atoms with Crippen LogP contribution in [0.25, 0.3) is 11.1 Å². The third kappa shape index (κ3) is 7.51. The van der Waals surface area contributed by atoms with Crippen LogP contribution in [0.5, 0.6) is 0 Å². The van der Waals surface area contributed by atoms with E-state index in [1.807, 2.05) is 0 Å². The van der Waals surface area contributed by atoms with E-state index in [0.29, 0.717) is 0 Å². The van der Waals surface area contributed by atoms with Gasteiger partial charge in [0.25, 0.3) is 6.71 Å². The maximum Gasteiger partial charge on any atom is 0.252 e. The Hall–Kier alpha value is -6.00. The van der Waals surface area contributed by atoms with Crippen LogP contribution in [0.2, 0.25) is 0 Å². The standard InChI is InChI=1S/C67H76BN3/c1-62(2,3)45-27-31-49(32-28-45)69-58-43-50(71-56-26-20-19-25-52(56)66(13)37-21-16-22-38-67(66,71)14)33-35-54(58)68-53-34-29-47(64(7,8)9)40-57(53)70(60-42-48(65(10,11)12)41-59(69)61(60)68)55-36-30-46(63(4,5)6)39-51(55)44-23-17-15-18-24-44/h15,17-20,23-36,39-43H,16,21-22,37-38H2,1-14H3. The lowest BCUT2D eigenvalue weighted by molar-refractivity contribution is 0.261. The lowest BCUT2D eigenvalue weighted by Crippen LogP contribution is -2.61. The fraction of sp³-hybridized carbons (Fsp3) is 0.373. The summed E-state index contributed by atoms with van der Waals surface area (Å²) in [6.07, 6.45) is 6.18. The van der Waals surface area contributed by atoms with E-state index in [1.165, 1.54) is 127 Å². The number of nitrogens with zero attached hydrogens (tertiary/aromatic N) is 3. The molecule has 1 saturated carbocycles. The third-order valence-corrected chi connectivity index (χ3v) is 17.5. The quantitative estimate of drug-likeness (QED) is 0.163. The van der Waals surface area contributed by atoms with Crippen LogP contribution in [0, 0.1) is 0 Å². The van der Waals surface area contributed by atoms with Crippen molar-refractivity contribution in [2.75, 3.05) is 14.7 Å². The van der Waals surface area contributed by atoms with E-state index in [9.17, 15) is 0 Å².